The van der Waals surface area contributed by atoms with E-state index in [0.29, 0.717) is 0 Å². The molecule has 0 saturated carbocycles. The number of carbonyl (C=O) groups is 1. The summed E-state index contributed by atoms with van der Waals surface area (Å²) in [6, 6.07) is 0. The quantitative estimate of drug-likeness (QED) is 0.476. The molecule has 0 atom stereocenters. The zero-order valence-electron chi connectivity index (χ0n) is 6.15. The number of rotatable bonds is 5. The first kappa shape index (κ1) is 12.6. The van der Waals surface area contributed by atoms with Crippen LogP contribution in [-0.4, -0.2) is 5.97 Å². The van der Waals surface area contributed by atoms with Crippen molar-refractivity contribution in [3.63, 3.8) is 0 Å². The van der Waals surface area contributed by atoms with Crippen LogP contribution < -0.4 is 5.11 Å². The Bertz CT molecular complexity index is 83.7. The van der Waals surface area contributed by atoms with Gasteiger partial charge in [-0.15, -0.1) is 0 Å². The predicted octanol–water partition coefficient (Wildman–Crippen LogP) is 0.704. The molecule has 0 heterocycles. The van der Waals surface area contributed by atoms with E-state index in [-0.39, 0.29) is 23.5 Å². The molecule has 0 aliphatic heterocycles. The maximum Gasteiger partial charge on any atom is 1.00 e. The number of hydrogen-bond acceptors (Lipinski definition) is 2. The number of aliphatic carboxylic acids is 1. The fraction of sp³-hybridized carbons (Fsp3) is 0.857. The summed E-state index contributed by atoms with van der Waals surface area (Å²) in [7, 11) is 0. The van der Waals surface area contributed by atoms with Crippen molar-refractivity contribution in [1.82, 2.24) is 0 Å². The third-order valence-electron chi connectivity index (χ3n) is 1.23. The molecule has 64 valence electrons. The molecule has 0 aliphatic rings. The molecule has 0 aromatic heterocycles. The topological polar surface area (TPSA) is 40.1 Å². The van der Waals surface area contributed by atoms with Crippen LogP contribution in [0.4, 0.5) is 0 Å². The van der Waals surface area contributed by atoms with E-state index in [1.54, 1.807) is 0 Å². The maximum atomic E-state index is 9.85. The van der Waals surface area contributed by atoms with Crippen LogP contribution in [0.25, 0.3) is 0 Å². The van der Waals surface area contributed by atoms with E-state index in [1.165, 1.54) is 0 Å². The van der Waals surface area contributed by atoms with Gasteiger partial charge in [0.25, 0.3) is 0 Å². The van der Waals surface area contributed by atoms with E-state index >= 15 is 0 Å². The van der Waals surface area contributed by atoms with Crippen molar-refractivity contribution >= 4 is 5.97 Å². The van der Waals surface area contributed by atoms with Crippen LogP contribution in [0.5, 0.6) is 0 Å². The van der Waals surface area contributed by atoms with Gasteiger partial charge in [0, 0.05) is 5.97 Å². The molecule has 0 amide bonds. The molecule has 0 radical (unpaired) electrons. The van der Waals surface area contributed by atoms with E-state index < -0.39 is 5.97 Å². The number of unbranched alkanes of at least 4 members (excludes halogenated alkanes) is 3. The summed E-state index contributed by atoms with van der Waals surface area (Å²) < 4.78 is 0. The minimum Gasteiger partial charge on any atom is -0.550 e. The Labute approximate surface area is 72.5 Å². The third-order valence-corrected chi connectivity index (χ3v) is 1.23. The van der Waals surface area contributed by atoms with Crippen LogP contribution in [0.1, 0.15) is 39.0 Å². The summed E-state index contributed by atoms with van der Waals surface area (Å²) in [5, 5.41) is 9.85. The molecular weight excluding hydrogens is 180 g/mol. The fourth-order valence-corrected chi connectivity index (χ4v) is 0.696. The van der Waals surface area contributed by atoms with Gasteiger partial charge in [0.1, 0.15) is 0 Å². The Morgan fingerprint density at radius 3 is 2.30 bits per heavy atom. The smallest absolute Gasteiger partial charge is 0.550 e. The largest absolute Gasteiger partial charge is 1.00 e. The SMILES string of the molecule is CCCCCCC(=O)[O-].[Cu+]. The molecule has 0 rings (SSSR count). The standard InChI is InChI=1S/C7H14O2.Cu/c1-2-3-4-5-6-7(8)9;/h2-6H2,1H3,(H,8,9);/q;+1/p-1. The van der Waals surface area contributed by atoms with Crippen LogP contribution >= 0.6 is 0 Å². The van der Waals surface area contributed by atoms with Crippen LogP contribution in [0.15, 0.2) is 0 Å². The van der Waals surface area contributed by atoms with Crippen molar-refractivity contribution in [3.8, 4) is 0 Å². The molecular formula is C7H13CuO2. The minimum atomic E-state index is -0.925. The second kappa shape index (κ2) is 8.99. The first-order valence-corrected chi connectivity index (χ1v) is 3.47. The zero-order valence-corrected chi connectivity index (χ0v) is 7.10. The predicted molar refractivity (Wildman–Crippen MR) is 33.8 cm³/mol. The summed E-state index contributed by atoms with van der Waals surface area (Å²) >= 11 is 0. The molecule has 0 aromatic rings. The van der Waals surface area contributed by atoms with E-state index in [1.807, 2.05) is 0 Å². The van der Waals surface area contributed by atoms with Crippen molar-refractivity contribution in [2.75, 3.05) is 0 Å². The van der Waals surface area contributed by atoms with Gasteiger partial charge < -0.3 is 9.90 Å². The Hall–Kier alpha value is -0.0105. The summed E-state index contributed by atoms with van der Waals surface area (Å²) in [6.45, 7) is 2.10. The number of carbonyl (C=O) groups excluding carboxylic acids is 1. The maximum absolute atomic E-state index is 9.85. The molecule has 2 nitrogen and oxygen atoms in total. The van der Waals surface area contributed by atoms with E-state index in [4.69, 9.17) is 0 Å². The Kier molecular flexibility index (Phi) is 11.4. The minimum absolute atomic E-state index is 0. The van der Waals surface area contributed by atoms with Gasteiger partial charge in [-0.05, 0) is 12.8 Å². The van der Waals surface area contributed by atoms with Crippen molar-refractivity contribution in [2.45, 2.75) is 39.0 Å². The molecule has 10 heavy (non-hydrogen) atoms. The fourth-order valence-electron chi connectivity index (χ4n) is 0.696. The summed E-state index contributed by atoms with van der Waals surface area (Å²) in [5.41, 5.74) is 0. The zero-order chi connectivity index (χ0) is 7.11. The van der Waals surface area contributed by atoms with Gasteiger partial charge in [0.05, 0.1) is 0 Å². The molecule has 0 aromatic carbocycles. The number of carboxylic acids is 1. The van der Waals surface area contributed by atoms with Crippen LogP contribution in [0.2, 0.25) is 0 Å². The third kappa shape index (κ3) is 10.9. The Balaban J connectivity index is 0. The molecule has 0 saturated heterocycles. The van der Waals surface area contributed by atoms with Gasteiger partial charge in [-0.3, -0.25) is 0 Å². The summed E-state index contributed by atoms with van der Waals surface area (Å²) in [6.07, 6.45) is 4.29. The number of carboxylic acid groups (broad SMARTS) is 1. The van der Waals surface area contributed by atoms with E-state index in [2.05, 4.69) is 6.92 Å². The van der Waals surface area contributed by atoms with Crippen molar-refractivity contribution in [3.05, 3.63) is 0 Å². The second-order valence-corrected chi connectivity index (χ2v) is 2.18. The number of hydrogen-bond donors (Lipinski definition) is 0. The normalized spacial score (nSPS) is 8.50. The van der Waals surface area contributed by atoms with Crippen LogP contribution in [0, 0.1) is 0 Å². The molecule has 0 bridgehead atoms. The van der Waals surface area contributed by atoms with Gasteiger partial charge >= 0.3 is 17.1 Å². The van der Waals surface area contributed by atoms with Gasteiger partial charge in [0.15, 0.2) is 0 Å². The molecule has 0 spiro atoms. The molecule has 0 aliphatic carbocycles. The average molecular weight is 193 g/mol. The average Bonchev–Trinajstić information content (AvgIpc) is 1.80. The Morgan fingerprint density at radius 2 is 1.90 bits per heavy atom. The summed E-state index contributed by atoms with van der Waals surface area (Å²) in [4.78, 5) is 9.85. The first-order chi connectivity index (χ1) is 4.27. The van der Waals surface area contributed by atoms with Crippen LogP contribution in [0.3, 0.4) is 0 Å². The molecule has 0 unspecified atom stereocenters. The van der Waals surface area contributed by atoms with Crippen molar-refractivity contribution in [1.29, 1.82) is 0 Å². The van der Waals surface area contributed by atoms with Crippen molar-refractivity contribution < 1.29 is 27.0 Å². The second-order valence-electron chi connectivity index (χ2n) is 2.18. The summed E-state index contributed by atoms with van der Waals surface area (Å²) in [5.74, 6) is -0.925. The van der Waals surface area contributed by atoms with Gasteiger partial charge in [-0.2, -0.15) is 0 Å². The first-order valence-electron chi connectivity index (χ1n) is 3.47. The van der Waals surface area contributed by atoms with Gasteiger partial charge in [-0.1, -0.05) is 26.2 Å². The van der Waals surface area contributed by atoms with E-state index in [0.717, 1.165) is 25.7 Å². The molecule has 3 heteroatoms. The monoisotopic (exact) mass is 192 g/mol. The molecule has 0 fully saturated rings. The van der Waals surface area contributed by atoms with Crippen LogP contribution in [-0.2, 0) is 21.9 Å². The Morgan fingerprint density at radius 1 is 1.30 bits per heavy atom. The molecule has 0 N–H and O–H groups in total. The van der Waals surface area contributed by atoms with Crippen molar-refractivity contribution in [2.24, 2.45) is 0 Å². The van der Waals surface area contributed by atoms with E-state index in [9.17, 15) is 9.90 Å². The van der Waals surface area contributed by atoms with Gasteiger partial charge in [-0.25, -0.2) is 0 Å². The van der Waals surface area contributed by atoms with Gasteiger partial charge in [0.2, 0.25) is 0 Å².